The maximum atomic E-state index is 15.0. The van der Waals surface area contributed by atoms with Gasteiger partial charge in [0.25, 0.3) is 0 Å². The summed E-state index contributed by atoms with van der Waals surface area (Å²) in [4.78, 5) is 32.4. The summed E-state index contributed by atoms with van der Waals surface area (Å²) in [5.41, 5.74) is 2.64. The number of aromatic nitrogens is 3. The zero-order chi connectivity index (χ0) is 30.2. The van der Waals surface area contributed by atoms with E-state index in [2.05, 4.69) is 17.4 Å². The molecule has 0 saturated heterocycles. The molecule has 1 aliphatic carbocycles. The van der Waals surface area contributed by atoms with Crippen LogP contribution in [0.5, 0.6) is 0 Å². The second-order valence-electron chi connectivity index (χ2n) is 12.9. The number of fused-ring (bicyclic) bond motifs is 2. The number of pyridine rings is 1. The van der Waals surface area contributed by atoms with Crippen molar-refractivity contribution in [2.24, 2.45) is 7.05 Å². The number of likely N-dealkylation sites (N-methyl/N-ethyl adjacent to an activating group) is 1. The van der Waals surface area contributed by atoms with E-state index in [1.165, 1.54) is 26.8 Å². The standard InChI is InChI=1S/C32H44FN5O4/c1-32(2,3)38-26-18-21(33)17-25(27(26)37(5)31(38)41)28(30(39)40)36(4)23-13-14-24(19-23)42-16-7-6-10-22-12-11-20-9-8-15-34-29(20)35-22/h11-12,17-18,23-24,28H,6-10,13-16,19H2,1-5H3,(H,34,35)(H,39,40)/t23-,24-,28-/m0/s1. The van der Waals surface area contributed by atoms with Gasteiger partial charge in [-0.05, 0) is 103 Å². The molecule has 2 N–H and O–H groups in total. The van der Waals surface area contributed by atoms with E-state index >= 15 is 0 Å². The summed E-state index contributed by atoms with van der Waals surface area (Å²) in [5, 5.41) is 13.8. The summed E-state index contributed by atoms with van der Waals surface area (Å²) in [7, 11) is 3.40. The van der Waals surface area contributed by atoms with Crippen molar-refractivity contribution in [3.05, 3.63) is 57.4 Å². The molecule has 10 heteroatoms. The van der Waals surface area contributed by atoms with Gasteiger partial charge in [0.2, 0.25) is 0 Å². The van der Waals surface area contributed by atoms with E-state index in [9.17, 15) is 19.1 Å². The lowest BCUT2D eigenvalue weighted by Gasteiger charge is -2.31. The summed E-state index contributed by atoms with van der Waals surface area (Å²) >= 11 is 0. The Labute approximate surface area is 246 Å². The number of hydrogen-bond acceptors (Lipinski definition) is 6. The Morgan fingerprint density at radius 1 is 1.26 bits per heavy atom. The molecule has 0 unspecified atom stereocenters. The predicted molar refractivity (Wildman–Crippen MR) is 162 cm³/mol. The topological polar surface area (TPSA) is 102 Å². The van der Waals surface area contributed by atoms with E-state index in [0.29, 0.717) is 24.1 Å². The molecule has 2 aromatic heterocycles. The van der Waals surface area contributed by atoms with E-state index in [0.717, 1.165) is 63.0 Å². The summed E-state index contributed by atoms with van der Waals surface area (Å²) in [6.45, 7) is 7.26. The number of ether oxygens (including phenoxy) is 1. The molecule has 1 aromatic carbocycles. The molecule has 42 heavy (non-hydrogen) atoms. The third-order valence-electron chi connectivity index (χ3n) is 8.81. The molecule has 228 valence electrons. The Hall–Kier alpha value is -3.24. The summed E-state index contributed by atoms with van der Waals surface area (Å²) in [6, 6.07) is 5.76. The van der Waals surface area contributed by atoms with Crippen molar-refractivity contribution in [1.82, 2.24) is 19.0 Å². The molecule has 1 fully saturated rings. The quantitative estimate of drug-likeness (QED) is 0.325. The fraction of sp³-hybridized carbons (Fsp3) is 0.594. The third kappa shape index (κ3) is 6.10. The molecule has 0 bridgehead atoms. The minimum Gasteiger partial charge on any atom is -0.480 e. The average Bonchev–Trinajstić information content (AvgIpc) is 3.50. The highest BCUT2D eigenvalue weighted by Gasteiger charge is 2.37. The normalized spacial score (nSPS) is 19.7. The van der Waals surface area contributed by atoms with Crippen molar-refractivity contribution in [2.45, 2.75) is 95.9 Å². The zero-order valence-electron chi connectivity index (χ0n) is 25.5. The smallest absolute Gasteiger partial charge is 0.329 e. The first-order valence-electron chi connectivity index (χ1n) is 15.2. The van der Waals surface area contributed by atoms with Crippen LogP contribution in [0.1, 0.15) is 82.2 Å². The molecule has 3 aromatic rings. The fourth-order valence-corrected chi connectivity index (χ4v) is 6.69. The first-order chi connectivity index (χ1) is 20.0. The van der Waals surface area contributed by atoms with Gasteiger partial charge in [0.1, 0.15) is 17.7 Å². The molecular weight excluding hydrogens is 537 g/mol. The number of carboxylic acid groups (broad SMARTS) is 1. The molecule has 3 heterocycles. The lowest BCUT2D eigenvalue weighted by Crippen LogP contribution is -2.38. The maximum absolute atomic E-state index is 15.0. The minimum absolute atomic E-state index is 0.0386. The van der Waals surface area contributed by atoms with Crippen LogP contribution in [0.25, 0.3) is 11.0 Å². The first-order valence-corrected chi connectivity index (χ1v) is 15.2. The molecule has 1 aliphatic heterocycles. The Kier molecular flexibility index (Phi) is 8.76. The van der Waals surface area contributed by atoms with Crippen molar-refractivity contribution in [1.29, 1.82) is 0 Å². The number of imidazole rings is 1. The van der Waals surface area contributed by atoms with Crippen molar-refractivity contribution in [2.75, 3.05) is 25.5 Å². The zero-order valence-corrected chi connectivity index (χ0v) is 25.5. The Morgan fingerprint density at radius 3 is 2.79 bits per heavy atom. The summed E-state index contributed by atoms with van der Waals surface area (Å²) in [6.07, 6.45) is 7.47. The second kappa shape index (κ2) is 12.2. The number of hydrogen-bond donors (Lipinski definition) is 2. The lowest BCUT2D eigenvalue weighted by molar-refractivity contribution is -0.144. The van der Waals surface area contributed by atoms with Crippen molar-refractivity contribution < 1.29 is 19.0 Å². The van der Waals surface area contributed by atoms with Crippen molar-refractivity contribution in [3.8, 4) is 0 Å². The molecule has 0 amide bonds. The Morgan fingerprint density at radius 2 is 2.05 bits per heavy atom. The average molecular weight is 582 g/mol. The number of nitrogens with zero attached hydrogens (tertiary/aromatic N) is 4. The monoisotopic (exact) mass is 581 g/mol. The van der Waals surface area contributed by atoms with Crippen LogP contribution in [-0.2, 0) is 35.0 Å². The van der Waals surface area contributed by atoms with Gasteiger partial charge in [0.15, 0.2) is 0 Å². The van der Waals surface area contributed by atoms with Crippen molar-refractivity contribution in [3.63, 3.8) is 0 Å². The van der Waals surface area contributed by atoms with E-state index < -0.39 is 23.4 Å². The molecule has 2 aliphatic rings. The third-order valence-corrected chi connectivity index (χ3v) is 8.81. The van der Waals surface area contributed by atoms with Crippen LogP contribution in [0.4, 0.5) is 10.2 Å². The highest BCUT2D eigenvalue weighted by molar-refractivity contribution is 5.87. The van der Waals surface area contributed by atoms with Crippen LogP contribution in [0.2, 0.25) is 0 Å². The van der Waals surface area contributed by atoms with Gasteiger partial charge in [-0.15, -0.1) is 0 Å². The van der Waals surface area contributed by atoms with E-state index in [4.69, 9.17) is 9.72 Å². The summed E-state index contributed by atoms with van der Waals surface area (Å²) in [5.74, 6) is -0.602. The predicted octanol–water partition coefficient (Wildman–Crippen LogP) is 5.01. The molecule has 9 nitrogen and oxygen atoms in total. The summed E-state index contributed by atoms with van der Waals surface area (Å²) < 4.78 is 24.1. The van der Waals surface area contributed by atoms with E-state index in [-0.39, 0.29) is 23.4 Å². The number of anilines is 1. The number of halogens is 1. The largest absolute Gasteiger partial charge is 0.480 e. The van der Waals surface area contributed by atoms with Crippen molar-refractivity contribution >= 4 is 22.8 Å². The number of carboxylic acids is 1. The fourth-order valence-electron chi connectivity index (χ4n) is 6.69. The number of aryl methyl sites for hydroxylation is 3. The minimum atomic E-state index is -1.10. The number of benzene rings is 1. The number of aliphatic carboxylic acids is 1. The maximum Gasteiger partial charge on any atom is 0.329 e. The van der Waals surface area contributed by atoms with Gasteiger partial charge in [-0.3, -0.25) is 18.8 Å². The van der Waals surface area contributed by atoms with Crippen LogP contribution in [0, 0.1) is 5.82 Å². The van der Waals surface area contributed by atoms with Gasteiger partial charge in [0, 0.05) is 43.0 Å². The highest BCUT2D eigenvalue weighted by atomic mass is 19.1. The lowest BCUT2D eigenvalue weighted by atomic mass is 10.0. The van der Waals surface area contributed by atoms with Gasteiger partial charge in [-0.1, -0.05) is 6.07 Å². The second-order valence-corrected chi connectivity index (χ2v) is 12.9. The van der Waals surface area contributed by atoms with Crippen LogP contribution in [-0.4, -0.2) is 62.4 Å². The van der Waals surface area contributed by atoms with Crippen LogP contribution >= 0.6 is 0 Å². The van der Waals surface area contributed by atoms with E-state index in [1.807, 2.05) is 25.7 Å². The van der Waals surface area contributed by atoms with Crippen LogP contribution < -0.4 is 11.0 Å². The molecular formula is C32H44FN5O4. The van der Waals surface area contributed by atoms with Gasteiger partial charge in [-0.25, -0.2) is 14.2 Å². The van der Waals surface area contributed by atoms with Gasteiger partial charge in [-0.2, -0.15) is 0 Å². The number of carbonyl (C=O) groups is 1. The molecule has 1 saturated carbocycles. The van der Waals surface area contributed by atoms with Gasteiger partial charge in [0.05, 0.1) is 17.1 Å². The SMILES string of the molecule is CN([C@H]1CC[C@H](OCCCCc2ccc3c(n2)NCCC3)C1)[C@H](C(=O)O)c1cc(F)cc2c1n(C)c(=O)n2C(C)(C)C. The Bertz CT molecular complexity index is 1510. The molecule has 0 radical (unpaired) electrons. The number of unbranched alkanes of at least 4 members (excludes halogenated alkanes) is 1. The number of rotatable bonds is 10. The van der Waals surface area contributed by atoms with Gasteiger partial charge >= 0.3 is 11.7 Å². The molecule has 3 atom stereocenters. The highest BCUT2D eigenvalue weighted by Crippen LogP contribution is 2.35. The molecule has 5 rings (SSSR count). The van der Waals surface area contributed by atoms with Crippen LogP contribution in [0.15, 0.2) is 29.1 Å². The van der Waals surface area contributed by atoms with Gasteiger partial charge < -0.3 is 15.2 Å². The first kappa shape index (κ1) is 30.2. The number of nitrogens with one attached hydrogen (secondary N) is 1. The molecule has 0 spiro atoms. The Balaban J connectivity index is 1.22. The van der Waals surface area contributed by atoms with Crippen LogP contribution in [0.3, 0.4) is 0 Å². The van der Waals surface area contributed by atoms with E-state index in [1.54, 1.807) is 14.1 Å².